The number of nitrogens with two attached hydrogens (primary N) is 1. The number of aryl methyl sites for hydroxylation is 1. The zero-order valence-corrected chi connectivity index (χ0v) is 9.50. The third-order valence-electron chi connectivity index (χ3n) is 2.43. The molecule has 2 aromatic rings. The fourth-order valence-electron chi connectivity index (χ4n) is 1.49. The maximum absolute atomic E-state index is 9.66. The molecule has 0 radical (unpaired) electrons. The average Bonchev–Trinajstić information content (AvgIpc) is 2.79. The lowest BCUT2D eigenvalue weighted by atomic mass is 10.1. The van der Waals surface area contributed by atoms with Crippen molar-refractivity contribution in [2.24, 2.45) is 5.73 Å². The highest BCUT2D eigenvalue weighted by Gasteiger charge is 2.16. The average molecular weight is 234 g/mol. The molecule has 1 atom stereocenters. The first-order valence-electron chi connectivity index (χ1n) is 5.35. The number of pyridine rings is 1. The Morgan fingerprint density at radius 2 is 2.35 bits per heavy atom. The van der Waals surface area contributed by atoms with Gasteiger partial charge in [-0.2, -0.15) is 4.98 Å². The summed E-state index contributed by atoms with van der Waals surface area (Å²) in [6, 6.07) is 1.80. The van der Waals surface area contributed by atoms with Crippen LogP contribution in [0.25, 0.3) is 11.4 Å². The maximum Gasteiger partial charge on any atom is 0.255 e. The monoisotopic (exact) mass is 234 g/mol. The van der Waals surface area contributed by atoms with Crippen LogP contribution in [0.1, 0.15) is 24.0 Å². The number of aromatic nitrogens is 3. The van der Waals surface area contributed by atoms with Crippen LogP contribution in [-0.2, 0) is 0 Å². The van der Waals surface area contributed by atoms with Crippen LogP contribution in [-0.4, -0.2) is 26.8 Å². The van der Waals surface area contributed by atoms with E-state index in [9.17, 15) is 5.11 Å². The molecular formula is C11H14N4O2. The van der Waals surface area contributed by atoms with Crippen LogP contribution in [0.4, 0.5) is 0 Å². The van der Waals surface area contributed by atoms with Crippen molar-refractivity contribution < 1.29 is 9.63 Å². The van der Waals surface area contributed by atoms with Gasteiger partial charge < -0.3 is 15.4 Å². The summed E-state index contributed by atoms with van der Waals surface area (Å²) in [6.45, 7) is 2.28. The number of aliphatic hydroxyl groups is 1. The van der Waals surface area contributed by atoms with E-state index >= 15 is 0 Å². The molecule has 0 aromatic carbocycles. The highest BCUT2D eigenvalue weighted by Crippen LogP contribution is 2.21. The van der Waals surface area contributed by atoms with Crippen molar-refractivity contribution in [2.75, 3.05) is 6.54 Å². The number of rotatable bonds is 4. The minimum Gasteiger partial charge on any atom is -0.383 e. The second kappa shape index (κ2) is 5.03. The first kappa shape index (κ1) is 11.7. The van der Waals surface area contributed by atoms with Gasteiger partial charge in [0.2, 0.25) is 5.82 Å². The summed E-state index contributed by atoms with van der Waals surface area (Å²) >= 11 is 0. The molecule has 0 bridgehead atoms. The number of aliphatic hydroxyl groups excluding tert-OH is 1. The molecule has 17 heavy (non-hydrogen) atoms. The van der Waals surface area contributed by atoms with Crippen molar-refractivity contribution in [3.63, 3.8) is 0 Å². The Hall–Kier alpha value is -1.79. The quantitative estimate of drug-likeness (QED) is 0.812. The molecule has 3 N–H and O–H groups in total. The van der Waals surface area contributed by atoms with E-state index in [-0.39, 0.29) is 5.89 Å². The van der Waals surface area contributed by atoms with Gasteiger partial charge in [-0.05, 0) is 31.5 Å². The summed E-state index contributed by atoms with van der Waals surface area (Å²) in [7, 11) is 0. The minimum atomic E-state index is -0.802. The molecule has 6 heteroatoms. The van der Waals surface area contributed by atoms with E-state index in [2.05, 4.69) is 15.1 Å². The first-order valence-corrected chi connectivity index (χ1v) is 5.35. The Bertz CT molecular complexity index is 498. The SMILES string of the molecule is Cc1cnccc1-c1noc(C(O)CCN)n1. The Labute approximate surface area is 98.5 Å². The van der Waals surface area contributed by atoms with Gasteiger partial charge in [-0.1, -0.05) is 5.16 Å². The van der Waals surface area contributed by atoms with Gasteiger partial charge in [-0.15, -0.1) is 0 Å². The second-order valence-corrected chi connectivity index (χ2v) is 3.74. The molecule has 2 heterocycles. The maximum atomic E-state index is 9.66. The van der Waals surface area contributed by atoms with Crippen molar-refractivity contribution in [3.05, 3.63) is 29.9 Å². The van der Waals surface area contributed by atoms with Crippen LogP contribution < -0.4 is 5.73 Å². The normalized spacial score (nSPS) is 12.6. The van der Waals surface area contributed by atoms with Crippen LogP contribution in [0.15, 0.2) is 23.0 Å². The van der Waals surface area contributed by atoms with Crippen molar-refractivity contribution in [1.82, 2.24) is 15.1 Å². The topological polar surface area (TPSA) is 98.1 Å². The Kier molecular flexibility index (Phi) is 3.46. The van der Waals surface area contributed by atoms with Crippen LogP contribution in [0, 0.1) is 6.92 Å². The predicted molar refractivity (Wildman–Crippen MR) is 60.9 cm³/mol. The largest absolute Gasteiger partial charge is 0.383 e. The molecule has 0 saturated carbocycles. The van der Waals surface area contributed by atoms with Gasteiger partial charge in [0.1, 0.15) is 6.10 Å². The highest BCUT2D eigenvalue weighted by molar-refractivity contribution is 5.57. The van der Waals surface area contributed by atoms with Gasteiger partial charge in [0.05, 0.1) is 0 Å². The third-order valence-corrected chi connectivity index (χ3v) is 2.43. The summed E-state index contributed by atoms with van der Waals surface area (Å²) in [4.78, 5) is 8.14. The fraction of sp³-hybridized carbons (Fsp3) is 0.364. The van der Waals surface area contributed by atoms with Gasteiger partial charge in [0.25, 0.3) is 5.89 Å². The molecule has 0 amide bonds. The molecule has 0 aliphatic heterocycles. The van der Waals surface area contributed by atoms with E-state index < -0.39 is 6.10 Å². The molecule has 0 aliphatic carbocycles. The summed E-state index contributed by atoms with van der Waals surface area (Å²) < 4.78 is 5.00. The van der Waals surface area contributed by atoms with Crippen LogP contribution in [0.2, 0.25) is 0 Å². The van der Waals surface area contributed by atoms with Crippen molar-refractivity contribution in [1.29, 1.82) is 0 Å². The van der Waals surface area contributed by atoms with Gasteiger partial charge in [0.15, 0.2) is 0 Å². The second-order valence-electron chi connectivity index (χ2n) is 3.74. The zero-order chi connectivity index (χ0) is 12.3. The molecule has 0 fully saturated rings. The van der Waals surface area contributed by atoms with Crippen molar-refractivity contribution in [3.8, 4) is 11.4 Å². The summed E-state index contributed by atoms with van der Waals surface area (Å²) in [5, 5.41) is 13.5. The van der Waals surface area contributed by atoms with Crippen molar-refractivity contribution in [2.45, 2.75) is 19.4 Å². The summed E-state index contributed by atoms with van der Waals surface area (Å²) in [6.07, 6.45) is 2.98. The lowest BCUT2D eigenvalue weighted by molar-refractivity contribution is 0.127. The molecule has 1 unspecified atom stereocenters. The van der Waals surface area contributed by atoms with Crippen LogP contribution in [0.3, 0.4) is 0 Å². The summed E-state index contributed by atoms with van der Waals surface area (Å²) in [5.41, 5.74) is 7.15. The smallest absolute Gasteiger partial charge is 0.255 e. The Morgan fingerprint density at radius 3 is 3.06 bits per heavy atom. The van der Waals surface area contributed by atoms with E-state index in [1.165, 1.54) is 0 Å². The van der Waals surface area contributed by atoms with E-state index in [1.54, 1.807) is 18.5 Å². The van der Waals surface area contributed by atoms with Crippen molar-refractivity contribution >= 4 is 0 Å². The van der Waals surface area contributed by atoms with Crippen LogP contribution in [0.5, 0.6) is 0 Å². The Balaban J connectivity index is 2.27. The van der Waals surface area contributed by atoms with Crippen LogP contribution >= 0.6 is 0 Å². The summed E-state index contributed by atoms with van der Waals surface area (Å²) in [5.74, 6) is 0.651. The number of hydrogen-bond acceptors (Lipinski definition) is 6. The van der Waals surface area contributed by atoms with Gasteiger partial charge in [-0.3, -0.25) is 4.98 Å². The predicted octanol–water partition coefficient (Wildman–Crippen LogP) is 0.822. The fourth-order valence-corrected chi connectivity index (χ4v) is 1.49. The minimum absolute atomic E-state index is 0.196. The highest BCUT2D eigenvalue weighted by atomic mass is 16.5. The molecule has 2 aromatic heterocycles. The standard InChI is InChI=1S/C11H14N4O2/c1-7-6-13-5-3-8(7)10-14-11(17-15-10)9(16)2-4-12/h3,5-6,9,16H,2,4,12H2,1H3. The van der Waals surface area contributed by atoms with E-state index in [4.69, 9.17) is 10.3 Å². The Morgan fingerprint density at radius 1 is 1.53 bits per heavy atom. The number of hydrogen-bond donors (Lipinski definition) is 2. The first-order chi connectivity index (χ1) is 8.22. The lowest BCUT2D eigenvalue weighted by Gasteiger charge is -2.01. The van der Waals surface area contributed by atoms with Gasteiger partial charge in [-0.25, -0.2) is 0 Å². The molecular weight excluding hydrogens is 220 g/mol. The van der Waals surface area contributed by atoms with Gasteiger partial charge >= 0.3 is 0 Å². The molecule has 90 valence electrons. The molecule has 0 spiro atoms. The van der Waals surface area contributed by atoms with Gasteiger partial charge in [0, 0.05) is 18.0 Å². The van der Waals surface area contributed by atoms with E-state index in [0.717, 1.165) is 11.1 Å². The third kappa shape index (κ3) is 2.48. The molecule has 0 saturated heterocycles. The van der Waals surface area contributed by atoms with E-state index in [0.29, 0.717) is 18.8 Å². The molecule has 6 nitrogen and oxygen atoms in total. The molecule has 2 rings (SSSR count). The lowest BCUT2D eigenvalue weighted by Crippen LogP contribution is -2.06. The zero-order valence-electron chi connectivity index (χ0n) is 9.50. The molecule has 0 aliphatic rings. The van der Waals surface area contributed by atoms with E-state index in [1.807, 2.05) is 6.92 Å². The number of nitrogens with zero attached hydrogens (tertiary/aromatic N) is 3.